The predicted molar refractivity (Wildman–Crippen MR) is 118 cm³/mol. The first kappa shape index (κ1) is 22.5. The van der Waals surface area contributed by atoms with Gasteiger partial charge in [0, 0.05) is 30.4 Å². The molecule has 0 bridgehead atoms. The molecule has 0 radical (unpaired) electrons. The van der Waals surface area contributed by atoms with E-state index in [0.29, 0.717) is 24.1 Å². The number of nitrogens with one attached hydrogen (secondary N) is 3. The zero-order chi connectivity index (χ0) is 22.7. The molecule has 2 aromatic carbocycles. The molecule has 2 aliphatic rings. The Kier molecular flexibility index (Phi) is 6.60. The first-order chi connectivity index (χ1) is 15.3. The molecule has 8 heteroatoms. The second-order valence-corrected chi connectivity index (χ2v) is 8.65. The Morgan fingerprint density at radius 2 is 1.84 bits per heavy atom. The van der Waals surface area contributed by atoms with Gasteiger partial charge >= 0.3 is 12.2 Å². The molecule has 0 heterocycles. The Balaban J connectivity index is 1.43. The van der Waals surface area contributed by atoms with Crippen LogP contribution in [-0.2, 0) is 25.6 Å². The number of aliphatic hydroxyl groups excluding tert-OH is 1. The molecule has 1 unspecified atom stereocenters. The molecule has 32 heavy (non-hydrogen) atoms. The zero-order valence-corrected chi connectivity index (χ0v) is 17.8. The summed E-state index contributed by atoms with van der Waals surface area (Å²) < 4.78 is 40.3. The minimum atomic E-state index is -4.44. The highest BCUT2D eigenvalue weighted by molar-refractivity contribution is 5.90. The van der Waals surface area contributed by atoms with Crippen LogP contribution in [0.1, 0.15) is 54.4 Å². The smallest absolute Gasteiger partial charge is 0.393 e. The number of rotatable bonds is 5. The quantitative estimate of drug-likeness (QED) is 0.507. The molecule has 172 valence electrons. The van der Waals surface area contributed by atoms with Gasteiger partial charge in [0.05, 0.1) is 11.7 Å². The third-order valence-electron chi connectivity index (χ3n) is 6.27. The second kappa shape index (κ2) is 9.40. The first-order valence-corrected chi connectivity index (χ1v) is 11.1. The monoisotopic (exact) mass is 447 g/mol. The summed E-state index contributed by atoms with van der Waals surface area (Å²) in [5, 5.41) is 18.5. The molecule has 4 N–H and O–H groups in total. The van der Waals surface area contributed by atoms with Gasteiger partial charge in [-0.3, -0.25) is 0 Å². The molecule has 1 atom stereocenters. The van der Waals surface area contributed by atoms with Gasteiger partial charge in [-0.25, -0.2) is 4.79 Å². The normalized spacial score (nSPS) is 18.8. The predicted octanol–water partition coefficient (Wildman–Crippen LogP) is 5.23. The lowest BCUT2D eigenvalue weighted by atomic mass is 9.88. The van der Waals surface area contributed by atoms with Gasteiger partial charge in [-0.1, -0.05) is 31.0 Å². The van der Waals surface area contributed by atoms with Crippen LogP contribution in [0.2, 0.25) is 0 Å². The Labute approximate surface area is 185 Å². The lowest BCUT2D eigenvalue weighted by Crippen LogP contribution is -2.30. The van der Waals surface area contributed by atoms with Gasteiger partial charge in [0.25, 0.3) is 0 Å². The Bertz CT molecular complexity index is 971. The van der Waals surface area contributed by atoms with Crippen molar-refractivity contribution in [3.05, 3.63) is 58.7 Å². The lowest BCUT2D eigenvalue weighted by Gasteiger charge is -2.23. The average molecular weight is 448 g/mol. The van der Waals surface area contributed by atoms with Crippen molar-refractivity contribution in [2.24, 2.45) is 0 Å². The van der Waals surface area contributed by atoms with Gasteiger partial charge < -0.3 is 21.1 Å². The van der Waals surface area contributed by atoms with Crippen LogP contribution in [0.5, 0.6) is 0 Å². The maximum absolute atomic E-state index is 13.4. The van der Waals surface area contributed by atoms with Crippen LogP contribution in [0.15, 0.2) is 36.4 Å². The first-order valence-electron chi connectivity index (χ1n) is 11.1. The second-order valence-electron chi connectivity index (χ2n) is 8.65. The maximum Gasteiger partial charge on any atom is 0.418 e. The van der Waals surface area contributed by atoms with Gasteiger partial charge in [-0.05, 0) is 60.6 Å². The van der Waals surface area contributed by atoms with E-state index in [1.54, 1.807) is 6.07 Å². The SMILES string of the molecule is O=C(NCc1ccc(C(F)(F)F)c(NC2CCCC2)c1)Nc1cccc2c1CC(O)CC2. The van der Waals surface area contributed by atoms with E-state index in [2.05, 4.69) is 16.0 Å². The molecule has 5 nitrogen and oxygen atoms in total. The van der Waals surface area contributed by atoms with Crippen LogP contribution < -0.4 is 16.0 Å². The summed E-state index contributed by atoms with van der Waals surface area (Å²) in [7, 11) is 0. The Hall–Kier alpha value is -2.74. The average Bonchev–Trinajstić information content (AvgIpc) is 3.25. The van der Waals surface area contributed by atoms with Crippen molar-refractivity contribution in [2.75, 3.05) is 10.6 Å². The Morgan fingerprint density at radius 1 is 1.06 bits per heavy atom. The molecule has 0 aliphatic heterocycles. The number of urea groups is 1. The minimum absolute atomic E-state index is 0.0437. The number of carbonyl (C=O) groups excluding carboxylic acids is 1. The molecule has 0 saturated heterocycles. The van der Waals surface area contributed by atoms with E-state index in [4.69, 9.17) is 0 Å². The zero-order valence-electron chi connectivity index (χ0n) is 17.8. The summed E-state index contributed by atoms with van der Waals surface area (Å²) in [6.45, 7) is 0.0982. The summed E-state index contributed by atoms with van der Waals surface area (Å²) >= 11 is 0. The van der Waals surface area contributed by atoms with E-state index in [-0.39, 0.29) is 18.3 Å². The van der Waals surface area contributed by atoms with Crippen LogP contribution in [0.25, 0.3) is 0 Å². The number of anilines is 2. The number of hydrogen-bond donors (Lipinski definition) is 4. The summed E-state index contributed by atoms with van der Waals surface area (Å²) in [6.07, 6.45) is 0.829. The minimum Gasteiger partial charge on any atom is -0.393 e. The highest BCUT2D eigenvalue weighted by Gasteiger charge is 2.34. The van der Waals surface area contributed by atoms with Crippen LogP contribution in [0.3, 0.4) is 0 Å². The number of benzene rings is 2. The molecule has 1 saturated carbocycles. The number of amides is 2. The molecule has 0 spiro atoms. The van der Waals surface area contributed by atoms with Crippen LogP contribution in [-0.4, -0.2) is 23.3 Å². The van der Waals surface area contributed by atoms with Crippen molar-refractivity contribution in [1.29, 1.82) is 0 Å². The van der Waals surface area contributed by atoms with E-state index in [9.17, 15) is 23.1 Å². The number of alkyl halides is 3. The Morgan fingerprint density at radius 3 is 2.59 bits per heavy atom. The van der Waals surface area contributed by atoms with Gasteiger partial charge in [-0.15, -0.1) is 0 Å². The van der Waals surface area contributed by atoms with Crippen molar-refractivity contribution in [3.8, 4) is 0 Å². The number of carbonyl (C=O) groups is 1. The number of aryl methyl sites for hydroxylation is 1. The summed E-state index contributed by atoms with van der Waals surface area (Å²) in [5.74, 6) is 0. The molecule has 1 fully saturated rings. The van der Waals surface area contributed by atoms with Gasteiger partial charge in [0.1, 0.15) is 0 Å². The van der Waals surface area contributed by atoms with Crippen LogP contribution in [0, 0.1) is 0 Å². The molecule has 2 aromatic rings. The fourth-order valence-corrected chi connectivity index (χ4v) is 4.59. The molecule has 0 aromatic heterocycles. The maximum atomic E-state index is 13.4. The van der Waals surface area contributed by atoms with Crippen molar-refractivity contribution >= 4 is 17.4 Å². The van der Waals surface area contributed by atoms with E-state index < -0.39 is 23.9 Å². The number of hydrogen-bond acceptors (Lipinski definition) is 3. The van der Waals surface area contributed by atoms with E-state index in [0.717, 1.165) is 49.3 Å². The van der Waals surface area contributed by atoms with Crippen LogP contribution in [0.4, 0.5) is 29.3 Å². The van der Waals surface area contributed by atoms with E-state index in [1.807, 2.05) is 12.1 Å². The number of fused-ring (bicyclic) bond motifs is 1. The fraction of sp³-hybridized carbons (Fsp3) is 0.458. The summed E-state index contributed by atoms with van der Waals surface area (Å²) in [4.78, 5) is 12.5. The third kappa shape index (κ3) is 5.35. The summed E-state index contributed by atoms with van der Waals surface area (Å²) in [5.41, 5.74) is 2.65. The molecule has 4 rings (SSSR count). The molecular formula is C24H28F3N3O2. The molecule has 2 aliphatic carbocycles. The third-order valence-corrected chi connectivity index (χ3v) is 6.27. The molecular weight excluding hydrogens is 419 g/mol. The highest BCUT2D eigenvalue weighted by atomic mass is 19.4. The van der Waals surface area contributed by atoms with Crippen LogP contribution >= 0.6 is 0 Å². The van der Waals surface area contributed by atoms with Crippen molar-refractivity contribution in [2.45, 2.75) is 69.8 Å². The van der Waals surface area contributed by atoms with Gasteiger partial charge in [0.2, 0.25) is 0 Å². The largest absolute Gasteiger partial charge is 0.418 e. The molecule has 2 amide bonds. The lowest BCUT2D eigenvalue weighted by molar-refractivity contribution is -0.137. The van der Waals surface area contributed by atoms with E-state index in [1.165, 1.54) is 12.1 Å². The van der Waals surface area contributed by atoms with Crippen molar-refractivity contribution in [3.63, 3.8) is 0 Å². The topological polar surface area (TPSA) is 73.4 Å². The number of halogens is 3. The van der Waals surface area contributed by atoms with Gasteiger partial charge in [-0.2, -0.15) is 13.2 Å². The number of aliphatic hydroxyl groups is 1. The highest BCUT2D eigenvalue weighted by Crippen LogP contribution is 2.37. The fourth-order valence-electron chi connectivity index (χ4n) is 4.59. The van der Waals surface area contributed by atoms with E-state index >= 15 is 0 Å². The van der Waals surface area contributed by atoms with Gasteiger partial charge in [0.15, 0.2) is 0 Å². The van der Waals surface area contributed by atoms with Crippen molar-refractivity contribution < 1.29 is 23.1 Å². The standard InChI is InChI=1S/C24H28F3N3O2/c25-24(26,27)20-11-8-15(12-22(20)29-17-5-1-2-6-17)14-28-23(32)30-21-7-3-4-16-9-10-18(31)13-19(16)21/h3-4,7-8,11-12,17-18,29,31H,1-2,5-6,9-10,13-14H2,(H2,28,30,32). The summed E-state index contributed by atoms with van der Waals surface area (Å²) in [6, 6.07) is 9.19. The van der Waals surface area contributed by atoms with Crippen molar-refractivity contribution in [1.82, 2.24) is 5.32 Å².